The Morgan fingerprint density at radius 3 is 2.50 bits per heavy atom. The number of aliphatic hydroxyl groups is 1. The molecule has 0 saturated carbocycles. The van der Waals surface area contributed by atoms with Gasteiger partial charge in [0.05, 0.1) is 15.7 Å². The van der Waals surface area contributed by atoms with E-state index in [4.69, 9.17) is 23.2 Å². The van der Waals surface area contributed by atoms with Crippen molar-refractivity contribution in [2.24, 2.45) is 5.41 Å². The largest absolute Gasteiger partial charge is 0.506 e. The number of rotatable bonds is 3. The molecule has 1 aromatic carbocycles. The molecule has 7 heteroatoms. The van der Waals surface area contributed by atoms with Crippen molar-refractivity contribution in [1.29, 1.82) is 0 Å². The first kappa shape index (κ1) is 16.8. The van der Waals surface area contributed by atoms with Crippen LogP contribution >= 0.6 is 23.2 Å². The van der Waals surface area contributed by atoms with Crippen LogP contribution in [-0.4, -0.2) is 31.1 Å². The molecule has 0 radical (unpaired) electrons. The molecule has 0 fully saturated rings. The van der Waals surface area contributed by atoms with Crippen molar-refractivity contribution in [3.63, 3.8) is 0 Å². The molecule has 0 aliphatic rings. The van der Waals surface area contributed by atoms with Crippen molar-refractivity contribution in [1.82, 2.24) is 14.8 Å². The summed E-state index contributed by atoms with van der Waals surface area (Å²) in [7, 11) is 0. The Bertz CT molecular complexity index is 692. The minimum atomic E-state index is -0.808. The summed E-state index contributed by atoms with van der Waals surface area (Å²) in [5.74, 6) is -0.0949. The Morgan fingerprint density at radius 2 is 1.95 bits per heavy atom. The average Bonchev–Trinajstić information content (AvgIpc) is 2.93. The fraction of sp³-hybridized carbons (Fsp3) is 0.333. The van der Waals surface area contributed by atoms with Gasteiger partial charge >= 0.3 is 0 Å². The second-order valence-corrected chi connectivity index (χ2v) is 6.82. The Kier molecular flexibility index (Phi) is 4.80. The molecule has 0 aliphatic carbocycles. The van der Waals surface area contributed by atoms with E-state index in [1.807, 2.05) is 20.8 Å². The normalized spacial score (nSPS) is 14.2. The molecule has 1 atom stereocenters. The van der Waals surface area contributed by atoms with Crippen molar-refractivity contribution in [3.8, 4) is 5.75 Å². The fourth-order valence-electron chi connectivity index (χ4n) is 1.88. The molecular formula is C15H17Cl2N3O2. The van der Waals surface area contributed by atoms with E-state index in [1.165, 1.54) is 29.5 Å². The maximum atomic E-state index is 10.6. The monoisotopic (exact) mass is 341 g/mol. The number of phenolic OH excluding ortho intramolecular Hbond substituents is 1. The molecule has 1 aromatic heterocycles. The van der Waals surface area contributed by atoms with Crippen LogP contribution in [-0.2, 0) is 0 Å². The lowest BCUT2D eigenvalue weighted by molar-refractivity contribution is 0.109. The van der Waals surface area contributed by atoms with Gasteiger partial charge in [-0.3, -0.25) is 0 Å². The van der Waals surface area contributed by atoms with Crippen molar-refractivity contribution < 1.29 is 10.2 Å². The number of aliphatic hydroxyl groups excluding tert-OH is 1. The summed E-state index contributed by atoms with van der Waals surface area (Å²) in [6, 6.07) is 2.89. The zero-order valence-electron chi connectivity index (χ0n) is 12.5. The van der Waals surface area contributed by atoms with Crippen LogP contribution in [0.2, 0.25) is 10.0 Å². The number of halogens is 2. The Balaban J connectivity index is 2.57. The molecule has 118 valence electrons. The standard InChI is InChI=1S/C15H17Cl2N3O2/c1-15(2,3)14(22)12(20-8-18-7-19-20)5-9-4-11(17)13(21)6-10(9)16/h4-8,14,21-22H,1-3H3/b12-5+. The van der Waals surface area contributed by atoms with Crippen LogP contribution < -0.4 is 0 Å². The lowest BCUT2D eigenvalue weighted by Crippen LogP contribution is -2.29. The third kappa shape index (κ3) is 3.61. The summed E-state index contributed by atoms with van der Waals surface area (Å²) in [6.07, 6.45) is 3.75. The van der Waals surface area contributed by atoms with Gasteiger partial charge in [-0.1, -0.05) is 44.0 Å². The van der Waals surface area contributed by atoms with E-state index in [9.17, 15) is 10.2 Å². The third-order valence-corrected chi connectivity index (χ3v) is 3.78. The average molecular weight is 342 g/mol. The van der Waals surface area contributed by atoms with E-state index in [0.29, 0.717) is 16.3 Å². The molecule has 22 heavy (non-hydrogen) atoms. The SMILES string of the molecule is CC(C)(C)C(O)/C(=C\c1cc(Cl)c(O)cc1Cl)n1cncn1. The molecule has 2 rings (SSSR count). The summed E-state index contributed by atoms with van der Waals surface area (Å²) < 4.78 is 1.48. The van der Waals surface area contributed by atoms with Crippen molar-refractivity contribution in [2.45, 2.75) is 26.9 Å². The molecule has 0 amide bonds. The Labute approximate surface area is 138 Å². The second kappa shape index (κ2) is 6.28. The smallest absolute Gasteiger partial charge is 0.138 e. The van der Waals surface area contributed by atoms with Gasteiger partial charge in [0, 0.05) is 6.07 Å². The zero-order chi connectivity index (χ0) is 16.5. The number of benzene rings is 1. The Hall–Kier alpha value is -1.56. The first-order chi connectivity index (χ1) is 10.2. The van der Waals surface area contributed by atoms with Crippen LogP contribution in [0.5, 0.6) is 5.75 Å². The maximum absolute atomic E-state index is 10.6. The highest BCUT2D eigenvalue weighted by atomic mass is 35.5. The molecular weight excluding hydrogens is 325 g/mol. The molecule has 1 heterocycles. The minimum Gasteiger partial charge on any atom is -0.506 e. The van der Waals surface area contributed by atoms with Gasteiger partial charge in [0.25, 0.3) is 0 Å². The first-order valence-corrected chi connectivity index (χ1v) is 7.38. The van der Waals surface area contributed by atoms with Crippen LogP contribution in [0, 0.1) is 5.41 Å². The molecule has 1 unspecified atom stereocenters. The van der Waals surface area contributed by atoms with Gasteiger partial charge in [-0.25, -0.2) is 9.67 Å². The molecule has 2 aromatic rings. The summed E-state index contributed by atoms with van der Waals surface area (Å²) in [4.78, 5) is 3.90. The Morgan fingerprint density at radius 1 is 1.27 bits per heavy atom. The van der Waals surface area contributed by atoms with Crippen LogP contribution in [0.15, 0.2) is 24.8 Å². The van der Waals surface area contributed by atoms with Crippen LogP contribution in [0.3, 0.4) is 0 Å². The maximum Gasteiger partial charge on any atom is 0.138 e. The molecule has 0 bridgehead atoms. The van der Waals surface area contributed by atoms with Gasteiger partial charge in [-0.05, 0) is 23.1 Å². The first-order valence-electron chi connectivity index (χ1n) is 6.63. The summed E-state index contributed by atoms with van der Waals surface area (Å²) in [5, 5.41) is 24.7. The highest BCUT2D eigenvalue weighted by Crippen LogP contribution is 2.34. The van der Waals surface area contributed by atoms with Gasteiger partial charge in [0.2, 0.25) is 0 Å². The van der Waals surface area contributed by atoms with Crippen LogP contribution in [0.1, 0.15) is 26.3 Å². The van der Waals surface area contributed by atoms with E-state index in [1.54, 1.807) is 6.08 Å². The molecule has 0 spiro atoms. The molecule has 0 saturated heterocycles. The van der Waals surface area contributed by atoms with Gasteiger partial charge < -0.3 is 10.2 Å². The number of phenols is 1. The highest BCUT2D eigenvalue weighted by Gasteiger charge is 2.27. The minimum absolute atomic E-state index is 0.0949. The molecule has 0 aliphatic heterocycles. The fourth-order valence-corrected chi connectivity index (χ4v) is 2.26. The van der Waals surface area contributed by atoms with Gasteiger partial charge in [-0.2, -0.15) is 5.10 Å². The number of nitrogens with zero attached hydrogens (tertiary/aromatic N) is 3. The number of hydrogen-bond donors (Lipinski definition) is 2. The van der Waals surface area contributed by atoms with Crippen LogP contribution in [0.25, 0.3) is 11.8 Å². The van der Waals surface area contributed by atoms with Gasteiger partial charge in [-0.15, -0.1) is 0 Å². The zero-order valence-corrected chi connectivity index (χ0v) is 14.0. The summed E-state index contributed by atoms with van der Waals surface area (Å²) >= 11 is 12.1. The quantitative estimate of drug-likeness (QED) is 0.892. The lowest BCUT2D eigenvalue weighted by Gasteiger charge is -2.28. The van der Waals surface area contributed by atoms with E-state index in [-0.39, 0.29) is 10.8 Å². The van der Waals surface area contributed by atoms with E-state index < -0.39 is 11.5 Å². The predicted molar refractivity (Wildman–Crippen MR) is 87.8 cm³/mol. The third-order valence-electron chi connectivity index (χ3n) is 3.15. The molecule has 2 N–H and O–H groups in total. The number of aromatic nitrogens is 3. The highest BCUT2D eigenvalue weighted by molar-refractivity contribution is 6.35. The van der Waals surface area contributed by atoms with Gasteiger partial charge in [0.1, 0.15) is 24.5 Å². The number of hydrogen-bond acceptors (Lipinski definition) is 4. The van der Waals surface area contributed by atoms with E-state index in [2.05, 4.69) is 10.1 Å². The van der Waals surface area contributed by atoms with Crippen molar-refractivity contribution in [2.75, 3.05) is 0 Å². The van der Waals surface area contributed by atoms with Gasteiger partial charge in [0.15, 0.2) is 0 Å². The summed E-state index contributed by atoms with van der Waals surface area (Å²) in [5.41, 5.74) is 0.664. The van der Waals surface area contributed by atoms with E-state index >= 15 is 0 Å². The van der Waals surface area contributed by atoms with Crippen molar-refractivity contribution >= 4 is 35.0 Å². The topological polar surface area (TPSA) is 71.2 Å². The van der Waals surface area contributed by atoms with Crippen LogP contribution in [0.4, 0.5) is 0 Å². The number of aromatic hydroxyl groups is 1. The lowest BCUT2D eigenvalue weighted by atomic mass is 9.86. The predicted octanol–water partition coefficient (Wildman–Crippen LogP) is 3.70. The second-order valence-electron chi connectivity index (χ2n) is 6.00. The molecule has 5 nitrogen and oxygen atoms in total. The summed E-state index contributed by atoms with van der Waals surface area (Å²) in [6.45, 7) is 5.73. The van der Waals surface area contributed by atoms with E-state index in [0.717, 1.165) is 0 Å². The van der Waals surface area contributed by atoms with Crippen molar-refractivity contribution in [3.05, 3.63) is 40.4 Å².